The lowest BCUT2D eigenvalue weighted by Crippen LogP contribution is -2.47. The Hall–Kier alpha value is -6.52. The number of aromatic nitrogens is 3. The zero-order valence-electron chi connectivity index (χ0n) is 44.8. The summed E-state index contributed by atoms with van der Waals surface area (Å²) in [6.45, 7) is 17.2. The monoisotopic (exact) mass is 1140 g/mol. The fraction of sp³-hybridized carbons (Fsp3) is 0.455. The summed E-state index contributed by atoms with van der Waals surface area (Å²) in [6, 6.07) is 17.8. The first-order valence-electron chi connectivity index (χ1n) is 25.5. The molecule has 0 atom stereocenters. The fourth-order valence-electron chi connectivity index (χ4n) is 9.34. The quantitative estimate of drug-likeness (QED) is 0.112. The summed E-state index contributed by atoms with van der Waals surface area (Å²) >= 11 is 12.7. The van der Waals surface area contributed by atoms with Crippen molar-refractivity contribution >= 4 is 85.4 Å². The molecule has 23 heteroatoms. The van der Waals surface area contributed by atoms with Gasteiger partial charge in [-0.3, -0.25) is 9.69 Å². The van der Waals surface area contributed by atoms with Crippen LogP contribution in [0.4, 0.5) is 30.3 Å². The summed E-state index contributed by atoms with van der Waals surface area (Å²) in [5.74, 6) is -2.33. The Morgan fingerprint density at radius 1 is 0.872 bits per heavy atom. The number of anilines is 2. The molecule has 2 aliphatic heterocycles. The van der Waals surface area contributed by atoms with Gasteiger partial charge >= 0.3 is 18.3 Å². The molecule has 418 valence electrons. The summed E-state index contributed by atoms with van der Waals surface area (Å²) in [4.78, 5) is 63.7. The van der Waals surface area contributed by atoms with Crippen molar-refractivity contribution in [1.82, 2.24) is 24.4 Å². The van der Waals surface area contributed by atoms with Gasteiger partial charge in [0.05, 0.1) is 22.7 Å². The van der Waals surface area contributed by atoms with Crippen LogP contribution < -0.4 is 24.0 Å². The number of carboxylic acid groups (broad SMARTS) is 1. The number of nitrogens with zero attached hydrogens (tertiary/aromatic N) is 6. The summed E-state index contributed by atoms with van der Waals surface area (Å²) in [5, 5.41) is 14.8. The third-order valence-corrected chi connectivity index (χ3v) is 15.2. The van der Waals surface area contributed by atoms with E-state index in [4.69, 9.17) is 46.9 Å². The molecule has 2 fully saturated rings. The van der Waals surface area contributed by atoms with E-state index in [2.05, 4.69) is 50.6 Å². The Bertz CT molecular complexity index is 3220. The SMILES string of the molecule is CC1(C)CCC(CN2CCN(c3ccc(C(=O)NS(=O)(=O)c4cnc(OCC5(F)CCOCC5)c(Cl)c4)c(Oc4cccc5c4c(N(C(=O)OC(C)(C)C)C(=O)OC(C)(C)C)nn5C(=O)O)c3)CC2)=C(c2ccc(Cl)cc2)C1. The minimum atomic E-state index is -4.73. The first-order valence-corrected chi connectivity index (χ1v) is 27.7. The molecule has 0 unspecified atom stereocenters. The largest absolute Gasteiger partial charge is 0.473 e. The number of hydrogen-bond donors (Lipinski definition) is 2. The van der Waals surface area contributed by atoms with Crippen LogP contribution in [0.5, 0.6) is 17.4 Å². The van der Waals surface area contributed by atoms with Gasteiger partial charge in [-0.2, -0.15) is 9.58 Å². The van der Waals surface area contributed by atoms with Gasteiger partial charge in [0.15, 0.2) is 5.82 Å². The molecule has 2 N–H and O–H groups in total. The maximum Gasteiger partial charge on any atom is 0.432 e. The number of halogens is 3. The number of fused-ring (bicyclic) bond motifs is 1. The molecule has 19 nitrogen and oxygen atoms in total. The number of rotatable bonds is 13. The Morgan fingerprint density at radius 3 is 2.14 bits per heavy atom. The minimum absolute atomic E-state index is 0.0931. The van der Waals surface area contributed by atoms with E-state index in [0.717, 1.165) is 43.6 Å². The number of carbonyl (C=O) groups excluding carboxylic acids is 3. The van der Waals surface area contributed by atoms with E-state index in [1.807, 2.05) is 12.1 Å². The molecule has 0 spiro atoms. The standard InChI is InChI=1S/C55H64Cl2FN7O12S/c1-52(2,3)76-50(69)64(51(70)77-53(4,5)6)46-45-42(65(60-46)49(67)68)10-9-11-43(45)75-44-28-37(63-24-22-62(23-25-63)32-35-18-19-54(7,8)30-40(35)34-12-14-36(56)15-13-34)16-17-39(44)47(66)61-78(71,72)38-29-41(57)48(59-31-38)74-33-55(58)20-26-73-27-21-55/h9-17,28-29,31H,18-27,30,32-33H2,1-8H3,(H,61,66)(H,67,68). The Balaban J connectivity index is 1.14. The van der Waals surface area contributed by atoms with Crippen molar-refractivity contribution in [2.45, 2.75) is 109 Å². The third kappa shape index (κ3) is 13.8. The lowest BCUT2D eigenvalue weighted by atomic mass is 9.72. The molecule has 3 aromatic carbocycles. The van der Waals surface area contributed by atoms with Gasteiger partial charge < -0.3 is 33.7 Å². The minimum Gasteiger partial charge on any atom is -0.473 e. The topological polar surface area (TPSA) is 221 Å². The van der Waals surface area contributed by atoms with Gasteiger partial charge in [-0.1, -0.05) is 60.8 Å². The summed E-state index contributed by atoms with van der Waals surface area (Å²) in [7, 11) is -4.73. The van der Waals surface area contributed by atoms with Crippen LogP contribution in [0.25, 0.3) is 16.5 Å². The van der Waals surface area contributed by atoms with Crippen molar-refractivity contribution in [3.63, 3.8) is 0 Å². The van der Waals surface area contributed by atoms with Crippen LogP contribution in [-0.2, 0) is 24.2 Å². The summed E-state index contributed by atoms with van der Waals surface area (Å²) in [6.07, 6.45) is -0.0394. The number of ether oxygens (including phenoxy) is 5. The summed E-state index contributed by atoms with van der Waals surface area (Å²) < 4.78 is 74.4. The first-order chi connectivity index (χ1) is 36.6. The zero-order valence-corrected chi connectivity index (χ0v) is 47.1. The zero-order chi connectivity index (χ0) is 56.5. The van der Waals surface area contributed by atoms with Crippen molar-refractivity contribution in [3.8, 4) is 17.4 Å². The second kappa shape index (κ2) is 22.7. The molecule has 0 radical (unpaired) electrons. The normalized spacial score (nSPS) is 17.1. The van der Waals surface area contributed by atoms with Gasteiger partial charge in [0.25, 0.3) is 15.9 Å². The van der Waals surface area contributed by atoms with Gasteiger partial charge in [0.2, 0.25) is 5.88 Å². The number of hydrogen-bond acceptors (Lipinski definition) is 15. The maximum atomic E-state index is 15.3. The number of alkyl halides is 1. The Kier molecular flexibility index (Phi) is 16.8. The molecule has 4 heterocycles. The van der Waals surface area contributed by atoms with E-state index in [-0.39, 0.29) is 70.3 Å². The first kappa shape index (κ1) is 57.6. The van der Waals surface area contributed by atoms with Crippen molar-refractivity contribution < 1.29 is 60.8 Å². The number of benzene rings is 3. The number of imide groups is 1. The maximum absolute atomic E-state index is 15.3. The highest BCUT2D eigenvalue weighted by Gasteiger charge is 2.39. The van der Waals surface area contributed by atoms with Crippen LogP contribution in [0.2, 0.25) is 10.0 Å². The van der Waals surface area contributed by atoms with Crippen molar-refractivity contribution in [2.75, 3.05) is 62.3 Å². The van der Waals surface area contributed by atoms with Crippen molar-refractivity contribution in [2.24, 2.45) is 5.41 Å². The van der Waals surface area contributed by atoms with Crippen LogP contribution in [0.15, 0.2) is 83.4 Å². The molecule has 0 bridgehead atoms. The average Bonchev–Trinajstić information content (AvgIpc) is 3.93. The second-order valence-electron chi connectivity index (χ2n) is 22.4. The predicted octanol–water partition coefficient (Wildman–Crippen LogP) is 11.5. The molecular formula is C55H64Cl2FN7O12S. The number of amides is 3. The van der Waals surface area contributed by atoms with Crippen LogP contribution in [-0.4, -0.2) is 127 Å². The van der Waals surface area contributed by atoms with Crippen molar-refractivity contribution in [3.05, 3.63) is 99.7 Å². The number of piperazine rings is 1. The molecule has 1 aliphatic carbocycles. The fourth-order valence-corrected chi connectivity index (χ4v) is 10.7. The summed E-state index contributed by atoms with van der Waals surface area (Å²) in [5.41, 5.74) is 0.160. The molecule has 2 saturated heterocycles. The van der Waals surface area contributed by atoms with Crippen molar-refractivity contribution in [1.29, 1.82) is 0 Å². The third-order valence-electron chi connectivity index (χ3n) is 13.3. The number of pyridine rings is 1. The Labute approximate surface area is 462 Å². The number of allylic oxidation sites excluding steroid dienone is 1. The molecule has 0 saturated carbocycles. The van der Waals surface area contributed by atoms with Crippen LogP contribution in [0.3, 0.4) is 0 Å². The number of nitrogens with one attached hydrogen (secondary N) is 1. The van der Waals surface area contributed by atoms with Crippen LogP contribution in [0.1, 0.15) is 103 Å². The van der Waals surface area contributed by atoms with E-state index in [1.165, 1.54) is 35.4 Å². The van der Waals surface area contributed by atoms with E-state index >= 15 is 4.39 Å². The van der Waals surface area contributed by atoms with E-state index in [9.17, 15) is 32.7 Å². The highest BCUT2D eigenvalue weighted by Crippen LogP contribution is 2.44. The van der Waals surface area contributed by atoms with E-state index in [0.29, 0.717) is 46.5 Å². The smallest absolute Gasteiger partial charge is 0.432 e. The molecule has 5 aromatic rings. The molecule has 2 aromatic heterocycles. The van der Waals surface area contributed by atoms with E-state index < -0.39 is 68.4 Å². The average molecular weight is 1140 g/mol. The number of sulfonamides is 1. The highest BCUT2D eigenvalue weighted by molar-refractivity contribution is 7.90. The molecule has 3 amide bonds. The lowest BCUT2D eigenvalue weighted by Gasteiger charge is -2.39. The van der Waals surface area contributed by atoms with Crippen LogP contribution in [0, 0.1) is 5.41 Å². The lowest BCUT2D eigenvalue weighted by molar-refractivity contribution is -0.0331. The van der Waals surface area contributed by atoms with Gasteiger partial charge in [0, 0.05) is 75.6 Å². The number of carbonyl (C=O) groups is 4. The Morgan fingerprint density at radius 2 is 1.53 bits per heavy atom. The molecule has 8 rings (SSSR count). The predicted molar refractivity (Wildman–Crippen MR) is 293 cm³/mol. The second-order valence-corrected chi connectivity index (χ2v) is 24.9. The van der Waals surface area contributed by atoms with Gasteiger partial charge in [-0.25, -0.2) is 36.9 Å². The highest BCUT2D eigenvalue weighted by atomic mass is 35.5. The molecular weight excluding hydrogens is 1070 g/mol. The molecule has 3 aliphatic rings. The van der Waals surface area contributed by atoms with Crippen LogP contribution >= 0.6 is 23.2 Å². The van der Waals surface area contributed by atoms with Gasteiger partial charge in [-0.15, -0.1) is 5.10 Å². The molecule has 78 heavy (non-hydrogen) atoms. The van der Waals surface area contributed by atoms with Gasteiger partial charge in [0.1, 0.15) is 44.9 Å². The van der Waals surface area contributed by atoms with E-state index in [1.54, 1.807) is 53.7 Å². The van der Waals surface area contributed by atoms with Gasteiger partial charge in [-0.05, 0) is 120 Å².